The van der Waals surface area contributed by atoms with Gasteiger partial charge in [0.25, 0.3) is 5.91 Å². The minimum absolute atomic E-state index is 0.149. The van der Waals surface area contributed by atoms with E-state index in [1.165, 1.54) is 11.0 Å². The van der Waals surface area contributed by atoms with Crippen LogP contribution in [0.3, 0.4) is 0 Å². The Kier molecular flexibility index (Phi) is 7.55. The number of ether oxygens (including phenoxy) is 2. The van der Waals surface area contributed by atoms with Crippen LogP contribution in [0.2, 0.25) is 0 Å². The van der Waals surface area contributed by atoms with Gasteiger partial charge < -0.3 is 14.4 Å². The number of amides is 1. The highest BCUT2D eigenvalue weighted by Gasteiger charge is 2.18. The van der Waals surface area contributed by atoms with E-state index in [1.54, 1.807) is 69.6 Å². The third kappa shape index (κ3) is 5.94. The zero-order valence-corrected chi connectivity index (χ0v) is 17.0. The molecule has 0 radical (unpaired) electrons. The van der Waals surface area contributed by atoms with Crippen molar-refractivity contribution in [2.75, 3.05) is 20.7 Å². The monoisotopic (exact) mass is 392 g/mol. The molecule has 1 unspecified atom stereocenters. The molecule has 0 aliphatic heterocycles. The number of allylic oxidation sites excluding steroid dienone is 1. The van der Waals surface area contributed by atoms with Crippen LogP contribution in [0, 0.1) is 11.3 Å². The third-order valence-corrected chi connectivity index (χ3v) is 4.09. The predicted octanol–water partition coefficient (Wildman–Crippen LogP) is 3.71. The molecule has 0 bridgehead atoms. The van der Waals surface area contributed by atoms with Crippen LogP contribution in [0.4, 0.5) is 0 Å². The summed E-state index contributed by atoms with van der Waals surface area (Å²) in [5.74, 6) is 0.645. The summed E-state index contributed by atoms with van der Waals surface area (Å²) in [6.07, 6.45) is 2.50. The molecule has 6 nitrogen and oxygen atoms in total. The van der Waals surface area contributed by atoms with E-state index in [0.29, 0.717) is 29.2 Å². The summed E-state index contributed by atoms with van der Waals surface area (Å²) in [5.41, 5.74) is 1.76. The number of nitriles is 1. The van der Waals surface area contributed by atoms with E-state index in [-0.39, 0.29) is 11.7 Å². The van der Waals surface area contributed by atoms with E-state index >= 15 is 0 Å². The first-order valence-corrected chi connectivity index (χ1v) is 9.23. The molecular weight excluding hydrogens is 368 g/mol. The molecule has 0 fully saturated rings. The Hall–Kier alpha value is -3.59. The van der Waals surface area contributed by atoms with Gasteiger partial charge in [0.05, 0.1) is 18.2 Å². The highest BCUT2D eigenvalue weighted by molar-refractivity contribution is 6.06. The molecule has 0 N–H and O–H groups in total. The van der Waals surface area contributed by atoms with Gasteiger partial charge >= 0.3 is 0 Å². The molecule has 0 heterocycles. The maximum atomic E-state index is 12.3. The van der Waals surface area contributed by atoms with Gasteiger partial charge in [-0.3, -0.25) is 9.59 Å². The van der Waals surface area contributed by atoms with E-state index in [9.17, 15) is 9.59 Å². The molecule has 2 aromatic carbocycles. The van der Waals surface area contributed by atoms with Crippen LogP contribution in [0.1, 0.15) is 35.3 Å². The van der Waals surface area contributed by atoms with Crippen LogP contribution in [0.25, 0.3) is 6.08 Å². The Morgan fingerprint density at radius 2 is 1.83 bits per heavy atom. The van der Waals surface area contributed by atoms with Gasteiger partial charge in [-0.05, 0) is 61.9 Å². The van der Waals surface area contributed by atoms with Gasteiger partial charge in [-0.25, -0.2) is 0 Å². The molecule has 2 aromatic rings. The summed E-state index contributed by atoms with van der Waals surface area (Å²) >= 11 is 0. The maximum absolute atomic E-state index is 12.3. The largest absolute Gasteiger partial charge is 0.490 e. The fourth-order valence-corrected chi connectivity index (χ4v) is 2.58. The van der Waals surface area contributed by atoms with E-state index in [0.717, 1.165) is 5.56 Å². The first kappa shape index (κ1) is 21.7. The van der Waals surface area contributed by atoms with E-state index < -0.39 is 6.10 Å². The van der Waals surface area contributed by atoms with Crippen LogP contribution in [-0.2, 0) is 4.79 Å². The molecule has 150 valence electrons. The lowest BCUT2D eigenvalue weighted by Crippen LogP contribution is -2.35. The molecule has 1 amide bonds. The first-order chi connectivity index (χ1) is 13.8. The van der Waals surface area contributed by atoms with Crippen molar-refractivity contribution in [1.82, 2.24) is 4.90 Å². The summed E-state index contributed by atoms with van der Waals surface area (Å²) in [6.45, 7) is 3.97. The Bertz CT molecular complexity index is 940. The fraction of sp³-hybridized carbons (Fsp3) is 0.261. The maximum Gasteiger partial charge on any atom is 0.262 e. The zero-order valence-electron chi connectivity index (χ0n) is 17.0. The van der Waals surface area contributed by atoms with Crippen LogP contribution >= 0.6 is 0 Å². The van der Waals surface area contributed by atoms with Crippen molar-refractivity contribution < 1.29 is 19.1 Å². The van der Waals surface area contributed by atoms with Crippen molar-refractivity contribution in [3.8, 4) is 17.6 Å². The highest BCUT2D eigenvalue weighted by Crippen LogP contribution is 2.30. The average molecular weight is 392 g/mol. The minimum Gasteiger partial charge on any atom is -0.490 e. The lowest BCUT2D eigenvalue weighted by atomic mass is 10.1. The second-order valence-corrected chi connectivity index (χ2v) is 6.52. The Labute approximate surface area is 171 Å². The molecule has 6 heteroatoms. The Morgan fingerprint density at radius 3 is 2.41 bits per heavy atom. The smallest absolute Gasteiger partial charge is 0.262 e. The van der Waals surface area contributed by atoms with E-state index in [1.807, 2.05) is 13.0 Å². The van der Waals surface area contributed by atoms with Gasteiger partial charge in [-0.1, -0.05) is 12.1 Å². The van der Waals surface area contributed by atoms with Crippen molar-refractivity contribution in [2.45, 2.75) is 20.0 Å². The Balaban J connectivity index is 2.17. The van der Waals surface area contributed by atoms with Crippen LogP contribution in [0.15, 0.2) is 48.5 Å². The number of carbonyl (C=O) groups excluding carboxylic acids is 2. The minimum atomic E-state index is -0.649. The van der Waals surface area contributed by atoms with Crippen molar-refractivity contribution in [3.05, 3.63) is 65.2 Å². The number of benzene rings is 2. The third-order valence-electron chi connectivity index (χ3n) is 4.09. The zero-order chi connectivity index (χ0) is 21.4. The van der Waals surface area contributed by atoms with Crippen molar-refractivity contribution in [2.24, 2.45) is 0 Å². The number of hydrogen-bond donors (Lipinski definition) is 0. The predicted molar refractivity (Wildman–Crippen MR) is 111 cm³/mol. The lowest BCUT2D eigenvalue weighted by Gasteiger charge is -2.20. The molecule has 0 saturated heterocycles. The number of likely N-dealkylation sites (N-methyl/N-ethyl adjacent to an activating group) is 1. The quantitative estimate of drug-likeness (QED) is 0.505. The van der Waals surface area contributed by atoms with Gasteiger partial charge in [0, 0.05) is 19.7 Å². The van der Waals surface area contributed by atoms with Crippen molar-refractivity contribution >= 4 is 17.8 Å². The molecule has 29 heavy (non-hydrogen) atoms. The molecular formula is C23H24N2O4. The summed E-state index contributed by atoms with van der Waals surface area (Å²) in [4.78, 5) is 25.8. The SMILES string of the molecule is CCOc1cc(C=CC(=O)c2ccc(C#N)cc2)ccc1OC(C)C(=O)N(C)C. The summed E-state index contributed by atoms with van der Waals surface area (Å²) in [5, 5.41) is 8.83. The molecule has 1 atom stereocenters. The van der Waals surface area contributed by atoms with Gasteiger partial charge in [-0.15, -0.1) is 0 Å². The molecule has 2 rings (SSSR count). The molecule has 0 aromatic heterocycles. The topological polar surface area (TPSA) is 79.6 Å². The van der Waals surface area contributed by atoms with E-state index in [2.05, 4.69) is 0 Å². The standard InChI is InChI=1S/C23H24N2O4/c1-5-28-22-14-17(9-13-21(22)29-16(2)23(27)25(3)4)8-12-20(26)19-10-6-18(15-24)7-11-19/h6-14,16H,5H2,1-4H3. The molecule has 0 aliphatic rings. The number of carbonyl (C=O) groups is 2. The van der Waals surface area contributed by atoms with Crippen LogP contribution in [-0.4, -0.2) is 43.4 Å². The lowest BCUT2D eigenvalue weighted by molar-refractivity contribution is -0.135. The molecule has 0 aliphatic carbocycles. The number of hydrogen-bond acceptors (Lipinski definition) is 5. The summed E-state index contributed by atoms with van der Waals surface area (Å²) < 4.78 is 11.4. The first-order valence-electron chi connectivity index (χ1n) is 9.23. The highest BCUT2D eigenvalue weighted by atomic mass is 16.5. The molecule has 0 spiro atoms. The van der Waals surface area contributed by atoms with E-state index in [4.69, 9.17) is 14.7 Å². The Morgan fingerprint density at radius 1 is 1.14 bits per heavy atom. The van der Waals surface area contributed by atoms with Crippen LogP contribution in [0.5, 0.6) is 11.5 Å². The molecule has 0 saturated carbocycles. The van der Waals surface area contributed by atoms with Crippen LogP contribution < -0.4 is 9.47 Å². The van der Waals surface area contributed by atoms with Gasteiger partial charge in [0.1, 0.15) is 0 Å². The summed E-state index contributed by atoms with van der Waals surface area (Å²) in [7, 11) is 3.34. The number of ketones is 1. The second-order valence-electron chi connectivity index (χ2n) is 6.52. The van der Waals surface area contributed by atoms with Gasteiger partial charge in [0.2, 0.25) is 0 Å². The normalized spacial score (nSPS) is 11.6. The summed E-state index contributed by atoms with van der Waals surface area (Å²) in [6, 6.07) is 13.7. The number of nitrogens with zero attached hydrogens (tertiary/aromatic N) is 2. The van der Waals surface area contributed by atoms with Crippen molar-refractivity contribution in [3.63, 3.8) is 0 Å². The average Bonchev–Trinajstić information content (AvgIpc) is 2.73. The van der Waals surface area contributed by atoms with Gasteiger partial charge in [-0.2, -0.15) is 5.26 Å². The second kappa shape index (κ2) is 10.1. The fourth-order valence-electron chi connectivity index (χ4n) is 2.58. The van der Waals surface area contributed by atoms with Crippen molar-refractivity contribution in [1.29, 1.82) is 5.26 Å². The van der Waals surface area contributed by atoms with Gasteiger partial charge in [0.15, 0.2) is 23.4 Å². The number of rotatable bonds is 8.